The Balaban J connectivity index is 2.28. The summed E-state index contributed by atoms with van der Waals surface area (Å²) in [6, 6.07) is 7.07. The number of aromatic nitrogens is 3. The van der Waals surface area contributed by atoms with Crippen molar-refractivity contribution in [2.24, 2.45) is 0 Å². The lowest BCUT2D eigenvalue weighted by atomic mass is 10.2. The molecule has 0 saturated carbocycles. The van der Waals surface area contributed by atoms with E-state index in [-0.39, 0.29) is 11.5 Å². The van der Waals surface area contributed by atoms with E-state index < -0.39 is 5.97 Å². The Morgan fingerprint density at radius 1 is 1.52 bits per heavy atom. The normalized spacial score (nSPS) is 11.0. The number of aliphatic carboxylic acids is 1. The highest BCUT2D eigenvalue weighted by Gasteiger charge is 2.14. The quantitative estimate of drug-likeness (QED) is 0.461. The first-order valence-electron chi connectivity index (χ1n) is 6.83. The highest BCUT2D eigenvalue weighted by molar-refractivity contribution is 8.04. The van der Waals surface area contributed by atoms with Crippen LogP contribution in [0.5, 0.6) is 5.75 Å². The zero-order valence-corrected chi connectivity index (χ0v) is 13.3. The van der Waals surface area contributed by atoms with Gasteiger partial charge in [0, 0.05) is 12.0 Å². The second kappa shape index (κ2) is 8.06. The SMILES string of the molecule is C#CCOc1ccccc1/C=C(\Sc1n[nH]c(CC)n1)C(=O)O. The Hall–Kier alpha value is -2.72. The molecule has 2 N–H and O–H groups in total. The van der Waals surface area contributed by atoms with Gasteiger partial charge in [0.15, 0.2) is 0 Å². The van der Waals surface area contributed by atoms with Crippen molar-refractivity contribution in [1.82, 2.24) is 15.2 Å². The third kappa shape index (κ3) is 4.63. The van der Waals surface area contributed by atoms with Gasteiger partial charge in [0.25, 0.3) is 0 Å². The molecule has 0 aliphatic carbocycles. The van der Waals surface area contributed by atoms with Crippen LogP contribution in [-0.2, 0) is 11.2 Å². The number of hydrogen-bond acceptors (Lipinski definition) is 5. The maximum atomic E-state index is 11.5. The van der Waals surface area contributed by atoms with E-state index in [2.05, 4.69) is 21.1 Å². The van der Waals surface area contributed by atoms with Gasteiger partial charge in [-0.05, 0) is 23.9 Å². The molecule has 23 heavy (non-hydrogen) atoms. The van der Waals surface area contributed by atoms with E-state index in [4.69, 9.17) is 11.2 Å². The molecule has 2 aromatic rings. The molecule has 1 heterocycles. The molecule has 0 unspecified atom stereocenters. The number of nitrogens with zero attached hydrogens (tertiary/aromatic N) is 2. The maximum Gasteiger partial charge on any atom is 0.342 e. The molecule has 1 aromatic carbocycles. The Bertz CT molecular complexity index is 762. The molecule has 0 atom stereocenters. The zero-order chi connectivity index (χ0) is 16.7. The van der Waals surface area contributed by atoms with Crippen molar-refractivity contribution in [3.63, 3.8) is 0 Å². The van der Waals surface area contributed by atoms with Crippen LogP contribution >= 0.6 is 11.8 Å². The van der Waals surface area contributed by atoms with E-state index in [0.717, 1.165) is 11.8 Å². The molecule has 1 aromatic heterocycles. The molecule has 118 valence electrons. The van der Waals surface area contributed by atoms with E-state index in [1.807, 2.05) is 6.92 Å². The number of nitrogens with one attached hydrogen (secondary N) is 1. The lowest BCUT2D eigenvalue weighted by Crippen LogP contribution is -1.99. The number of carboxylic acid groups (broad SMARTS) is 1. The minimum atomic E-state index is -1.07. The predicted octanol–water partition coefficient (Wildman–Crippen LogP) is 2.60. The maximum absolute atomic E-state index is 11.5. The van der Waals surface area contributed by atoms with Crippen molar-refractivity contribution in [2.75, 3.05) is 6.61 Å². The summed E-state index contributed by atoms with van der Waals surface area (Å²) in [4.78, 5) is 15.8. The first-order valence-corrected chi connectivity index (χ1v) is 7.65. The number of carbonyl (C=O) groups is 1. The first kappa shape index (κ1) is 16.6. The average molecular weight is 329 g/mol. The van der Waals surface area contributed by atoms with Gasteiger partial charge in [-0.25, -0.2) is 9.78 Å². The second-order valence-electron chi connectivity index (χ2n) is 4.36. The molecule has 6 nitrogen and oxygen atoms in total. The number of ether oxygens (including phenoxy) is 1. The molecule has 0 aliphatic rings. The third-order valence-corrected chi connectivity index (χ3v) is 3.65. The van der Waals surface area contributed by atoms with Crippen LogP contribution in [0.25, 0.3) is 6.08 Å². The summed E-state index contributed by atoms with van der Waals surface area (Å²) in [5.74, 6) is 2.54. The molecule has 7 heteroatoms. The van der Waals surface area contributed by atoms with E-state index in [1.54, 1.807) is 24.3 Å². The lowest BCUT2D eigenvalue weighted by Gasteiger charge is -2.07. The van der Waals surface area contributed by atoms with Gasteiger partial charge in [0.1, 0.15) is 23.1 Å². The molecule has 0 spiro atoms. The van der Waals surface area contributed by atoms with Crippen LogP contribution in [0.1, 0.15) is 18.3 Å². The minimum Gasteiger partial charge on any atom is -0.480 e. The molecule has 0 saturated heterocycles. The average Bonchev–Trinajstić information content (AvgIpc) is 3.01. The summed E-state index contributed by atoms with van der Waals surface area (Å²) in [5, 5.41) is 16.5. The summed E-state index contributed by atoms with van der Waals surface area (Å²) < 4.78 is 5.42. The predicted molar refractivity (Wildman–Crippen MR) is 88.0 cm³/mol. The van der Waals surface area contributed by atoms with E-state index in [9.17, 15) is 9.90 Å². The molecular formula is C16H15N3O3S. The van der Waals surface area contributed by atoms with Crippen LogP contribution in [0.15, 0.2) is 34.3 Å². The van der Waals surface area contributed by atoms with Gasteiger partial charge < -0.3 is 9.84 Å². The fourth-order valence-electron chi connectivity index (χ4n) is 1.71. The van der Waals surface area contributed by atoms with Crippen LogP contribution in [0.4, 0.5) is 0 Å². The van der Waals surface area contributed by atoms with Crippen molar-refractivity contribution in [3.8, 4) is 18.1 Å². The third-order valence-electron chi connectivity index (χ3n) is 2.77. The monoisotopic (exact) mass is 329 g/mol. The van der Waals surface area contributed by atoms with Gasteiger partial charge in [0.2, 0.25) is 5.16 Å². The summed E-state index contributed by atoms with van der Waals surface area (Å²) in [5.41, 5.74) is 0.624. The zero-order valence-electron chi connectivity index (χ0n) is 12.4. The molecular weight excluding hydrogens is 314 g/mol. The Kier molecular flexibility index (Phi) is 5.83. The van der Waals surface area contributed by atoms with E-state index in [1.165, 1.54) is 6.08 Å². The number of aryl methyl sites for hydroxylation is 1. The Morgan fingerprint density at radius 2 is 2.30 bits per heavy atom. The highest BCUT2D eigenvalue weighted by Crippen LogP contribution is 2.28. The van der Waals surface area contributed by atoms with E-state index >= 15 is 0 Å². The van der Waals surface area contributed by atoms with Gasteiger partial charge in [-0.2, -0.15) is 0 Å². The standard InChI is InChI=1S/C16H15N3O3S/c1-3-9-22-12-8-6-5-7-11(12)10-13(15(20)21)23-16-17-14(4-2)18-19-16/h1,5-8,10H,4,9H2,2H3,(H,20,21)(H,17,18,19)/b13-10-. The van der Waals surface area contributed by atoms with Gasteiger partial charge in [-0.3, -0.25) is 5.10 Å². The number of H-pyrrole nitrogens is 1. The van der Waals surface area contributed by atoms with Gasteiger partial charge >= 0.3 is 5.97 Å². The Morgan fingerprint density at radius 3 is 2.96 bits per heavy atom. The largest absolute Gasteiger partial charge is 0.480 e. The lowest BCUT2D eigenvalue weighted by molar-refractivity contribution is -0.131. The van der Waals surface area contributed by atoms with Crippen LogP contribution in [0.2, 0.25) is 0 Å². The van der Waals surface area contributed by atoms with Gasteiger partial charge in [-0.15, -0.1) is 11.5 Å². The van der Waals surface area contributed by atoms with Crippen LogP contribution in [0.3, 0.4) is 0 Å². The van der Waals surface area contributed by atoms with Crippen LogP contribution < -0.4 is 4.74 Å². The summed E-state index contributed by atoms with van der Waals surface area (Å²) in [6.45, 7) is 2.04. The molecule has 0 fully saturated rings. The number of para-hydroxylation sites is 1. The smallest absolute Gasteiger partial charge is 0.342 e. The summed E-state index contributed by atoms with van der Waals surface area (Å²) in [7, 11) is 0. The molecule has 0 bridgehead atoms. The number of aromatic amines is 1. The minimum absolute atomic E-state index is 0.0865. The van der Waals surface area contributed by atoms with Gasteiger partial charge in [0.05, 0.1) is 0 Å². The fourth-order valence-corrected chi connectivity index (χ4v) is 2.42. The number of thioether (sulfide) groups is 1. The van der Waals surface area contributed by atoms with Crippen LogP contribution in [-0.4, -0.2) is 32.9 Å². The van der Waals surface area contributed by atoms with Crippen LogP contribution in [0, 0.1) is 12.3 Å². The van der Waals surface area contributed by atoms with Crippen molar-refractivity contribution >= 4 is 23.8 Å². The molecule has 0 amide bonds. The highest BCUT2D eigenvalue weighted by atomic mass is 32.2. The first-order chi connectivity index (χ1) is 11.1. The molecule has 0 aliphatic heterocycles. The number of hydrogen-bond donors (Lipinski definition) is 2. The molecule has 2 rings (SSSR count). The van der Waals surface area contributed by atoms with Crippen molar-refractivity contribution in [2.45, 2.75) is 18.5 Å². The van der Waals surface area contributed by atoms with Gasteiger partial charge in [-0.1, -0.05) is 31.0 Å². The number of terminal acetylenes is 1. The number of carboxylic acids is 1. The van der Waals surface area contributed by atoms with E-state index in [0.29, 0.717) is 28.7 Å². The van der Waals surface area contributed by atoms with Crippen molar-refractivity contribution < 1.29 is 14.6 Å². The fraction of sp³-hybridized carbons (Fsp3) is 0.188. The summed E-state index contributed by atoms with van der Waals surface area (Å²) in [6.07, 6.45) is 7.40. The Labute approximate surface area is 138 Å². The second-order valence-corrected chi connectivity index (χ2v) is 5.37. The molecule has 0 radical (unpaired) electrons. The number of rotatable bonds is 7. The number of benzene rings is 1. The van der Waals surface area contributed by atoms with Crippen molar-refractivity contribution in [3.05, 3.63) is 40.6 Å². The topological polar surface area (TPSA) is 88.1 Å². The summed E-state index contributed by atoms with van der Waals surface area (Å²) >= 11 is 0.973. The van der Waals surface area contributed by atoms with Crippen molar-refractivity contribution in [1.29, 1.82) is 0 Å².